The van der Waals surface area contributed by atoms with E-state index in [-0.39, 0.29) is 19.0 Å². The Kier molecular flexibility index (Phi) is 3.24. The number of anilines is 2. The van der Waals surface area contributed by atoms with E-state index >= 15 is 0 Å². The van der Waals surface area contributed by atoms with Crippen molar-refractivity contribution in [1.82, 2.24) is 5.01 Å². The molecule has 0 spiro atoms. The zero-order chi connectivity index (χ0) is 13.1. The van der Waals surface area contributed by atoms with Crippen LogP contribution in [0.2, 0.25) is 0 Å². The Hall–Kier alpha value is -2.41. The van der Waals surface area contributed by atoms with Crippen LogP contribution in [0.5, 0.6) is 0 Å². The van der Waals surface area contributed by atoms with E-state index in [4.69, 9.17) is 22.0 Å². The van der Waals surface area contributed by atoms with Gasteiger partial charge in [0.2, 0.25) is 0 Å². The summed E-state index contributed by atoms with van der Waals surface area (Å²) in [5.74, 6) is 0.139. The van der Waals surface area contributed by atoms with Gasteiger partial charge in [-0.25, -0.2) is 10.0 Å². The van der Waals surface area contributed by atoms with Gasteiger partial charge in [-0.15, -0.1) is 0 Å². The van der Waals surface area contributed by atoms with Crippen LogP contribution in [0, 0.1) is 5.41 Å². The van der Waals surface area contributed by atoms with E-state index in [2.05, 4.69) is 10.1 Å². The predicted octanol–water partition coefficient (Wildman–Crippen LogP) is 0.194. The average molecular weight is 246 g/mol. The summed E-state index contributed by atoms with van der Waals surface area (Å²) in [6, 6.07) is 4.99. The maximum Gasteiger partial charge on any atom is 0.169 e. The second-order valence-electron chi connectivity index (χ2n) is 3.76. The number of amidine groups is 1. The van der Waals surface area contributed by atoms with Crippen LogP contribution in [-0.2, 0) is 0 Å². The third kappa shape index (κ3) is 2.30. The van der Waals surface area contributed by atoms with E-state index in [1.807, 2.05) is 0 Å². The molecule has 94 valence electrons. The number of benzene rings is 1. The molecule has 1 aliphatic heterocycles. The molecule has 1 aromatic carbocycles. The van der Waals surface area contributed by atoms with Crippen LogP contribution >= 0.6 is 0 Å². The Morgan fingerprint density at radius 2 is 2.17 bits per heavy atom. The SMILES string of the molecule is N=C1C(=Nc2ccc(N)cc2N)C=NN1CCO. The number of hydrazone groups is 1. The van der Waals surface area contributed by atoms with Crippen molar-refractivity contribution in [3.05, 3.63) is 18.2 Å². The summed E-state index contributed by atoms with van der Waals surface area (Å²) in [5.41, 5.74) is 13.3. The number of β-amino-alcohol motifs (C(OH)–C–C–N with tert-alkyl or cyclic N) is 1. The van der Waals surface area contributed by atoms with Crippen LogP contribution in [0.15, 0.2) is 28.3 Å². The predicted molar refractivity (Wildman–Crippen MR) is 72.4 cm³/mol. The summed E-state index contributed by atoms with van der Waals surface area (Å²) in [7, 11) is 0. The number of hydrogen-bond donors (Lipinski definition) is 4. The Balaban J connectivity index is 2.25. The number of nitrogens with one attached hydrogen (secondary N) is 1. The van der Waals surface area contributed by atoms with Crippen LogP contribution in [0.1, 0.15) is 0 Å². The lowest BCUT2D eigenvalue weighted by molar-refractivity contribution is 0.255. The normalized spacial score (nSPS) is 16.8. The second-order valence-corrected chi connectivity index (χ2v) is 3.76. The Morgan fingerprint density at radius 1 is 1.39 bits per heavy atom. The van der Waals surface area contributed by atoms with Crippen molar-refractivity contribution in [2.24, 2.45) is 10.1 Å². The van der Waals surface area contributed by atoms with Crippen molar-refractivity contribution in [2.45, 2.75) is 0 Å². The lowest BCUT2D eigenvalue weighted by Crippen LogP contribution is -2.28. The highest BCUT2D eigenvalue weighted by molar-refractivity contribution is 6.63. The minimum atomic E-state index is -0.0724. The molecule has 1 aliphatic rings. The van der Waals surface area contributed by atoms with Gasteiger partial charge >= 0.3 is 0 Å². The van der Waals surface area contributed by atoms with E-state index in [9.17, 15) is 0 Å². The number of aliphatic hydroxyl groups is 1. The lowest BCUT2D eigenvalue weighted by Gasteiger charge is -2.11. The van der Waals surface area contributed by atoms with E-state index < -0.39 is 0 Å². The number of hydrogen-bond acceptors (Lipinski definition) is 6. The number of rotatable bonds is 3. The minimum absolute atomic E-state index is 0.0724. The Bertz CT molecular complexity index is 536. The molecule has 1 aromatic rings. The van der Waals surface area contributed by atoms with Gasteiger partial charge in [0.15, 0.2) is 5.84 Å². The zero-order valence-corrected chi connectivity index (χ0v) is 9.67. The van der Waals surface area contributed by atoms with Gasteiger partial charge in [-0.2, -0.15) is 5.10 Å². The van der Waals surface area contributed by atoms with E-state index in [0.29, 0.717) is 22.8 Å². The molecule has 0 unspecified atom stereocenters. The molecule has 0 aromatic heterocycles. The molecule has 0 radical (unpaired) electrons. The topological polar surface area (TPSA) is 124 Å². The molecule has 2 rings (SSSR count). The van der Waals surface area contributed by atoms with Crippen LogP contribution in [0.4, 0.5) is 17.1 Å². The van der Waals surface area contributed by atoms with Crippen LogP contribution in [-0.4, -0.2) is 41.0 Å². The van der Waals surface area contributed by atoms with Gasteiger partial charge in [-0.1, -0.05) is 0 Å². The lowest BCUT2D eigenvalue weighted by atomic mass is 10.2. The Labute approximate surface area is 104 Å². The van der Waals surface area contributed by atoms with Crippen molar-refractivity contribution in [3.8, 4) is 0 Å². The first-order chi connectivity index (χ1) is 8.61. The largest absolute Gasteiger partial charge is 0.399 e. The van der Waals surface area contributed by atoms with E-state index in [1.165, 1.54) is 11.2 Å². The smallest absolute Gasteiger partial charge is 0.169 e. The van der Waals surface area contributed by atoms with E-state index in [1.54, 1.807) is 18.2 Å². The molecule has 7 heteroatoms. The first kappa shape index (κ1) is 12.1. The maximum absolute atomic E-state index is 8.81. The zero-order valence-electron chi connectivity index (χ0n) is 9.67. The summed E-state index contributed by atoms with van der Waals surface area (Å²) in [4.78, 5) is 4.25. The molecule has 7 nitrogen and oxygen atoms in total. The highest BCUT2D eigenvalue weighted by Crippen LogP contribution is 2.24. The van der Waals surface area contributed by atoms with Gasteiger partial charge in [0.1, 0.15) is 5.71 Å². The summed E-state index contributed by atoms with van der Waals surface area (Å²) in [6.45, 7) is 0.197. The van der Waals surface area contributed by atoms with E-state index in [0.717, 1.165) is 0 Å². The van der Waals surface area contributed by atoms with Crippen LogP contribution < -0.4 is 11.5 Å². The number of nitrogens with two attached hydrogens (primary N) is 2. The highest BCUT2D eigenvalue weighted by atomic mass is 16.3. The average Bonchev–Trinajstić information content (AvgIpc) is 2.66. The minimum Gasteiger partial charge on any atom is -0.399 e. The molecule has 0 atom stereocenters. The van der Waals surface area contributed by atoms with Crippen molar-refractivity contribution < 1.29 is 5.11 Å². The van der Waals surface area contributed by atoms with Crippen LogP contribution in [0.3, 0.4) is 0 Å². The number of nitrogens with zero attached hydrogens (tertiary/aromatic N) is 3. The summed E-state index contributed by atoms with van der Waals surface area (Å²) >= 11 is 0. The first-order valence-corrected chi connectivity index (χ1v) is 5.37. The molecule has 0 amide bonds. The number of aliphatic hydroxyl groups excluding tert-OH is 1. The number of nitrogen functional groups attached to an aromatic ring is 2. The van der Waals surface area contributed by atoms with Crippen molar-refractivity contribution >= 4 is 34.8 Å². The highest BCUT2D eigenvalue weighted by Gasteiger charge is 2.19. The van der Waals surface area contributed by atoms with Gasteiger partial charge < -0.3 is 16.6 Å². The maximum atomic E-state index is 8.81. The molecule has 0 saturated carbocycles. The molecule has 18 heavy (non-hydrogen) atoms. The fourth-order valence-electron chi connectivity index (χ4n) is 1.53. The summed E-state index contributed by atoms with van der Waals surface area (Å²) in [6.07, 6.45) is 1.47. The number of aliphatic imine (C=N–C) groups is 1. The fraction of sp³-hybridized carbons (Fsp3) is 0.182. The first-order valence-electron chi connectivity index (χ1n) is 5.37. The molecule has 1 heterocycles. The standard InChI is InChI=1S/C11H14N6O/c12-7-1-2-9(8(13)5-7)16-10-6-15-17(3-4-18)11(10)14/h1-2,5-6,14,18H,3-4,12-13H2. The molecule has 6 N–H and O–H groups in total. The third-order valence-electron chi connectivity index (χ3n) is 2.42. The molecule has 0 aliphatic carbocycles. The monoisotopic (exact) mass is 246 g/mol. The molecular formula is C11H14N6O. The van der Waals surface area contributed by atoms with Crippen LogP contribution in [0.25, 0.3) is 0 Å². The van der Waals surface area contributed by atoms with Crippen molar-refractivity contribution in [3.63, 3.8) is 0 Å². The molecule has 0 fully saturated rings. The fourth-order valence-corrected chi connectivity index (χ4v) is 1.53. The summed E-state index contributed by atoms with van der Waals surface area (Å²) < 4.78 is 0. The van der Waals surface area contributed by atoms with Gasteiger partial charge in [0.25, 0.3) is 0 Å². The quantitative estimate of drug-likeness (QED) is 0.568. The van der Waals surface area contributed by atoms with Crippen molar-refractivity contribution in [2.75, 3.05) is 24.6 Å². The molecule has 0 bridgehead atoms. The van der Waals surface area contributed by atoms with Gasteiger partial charge in [-0.3, -0.25) is 5.41 Å². The van der Waals surface area contributed by atoms with Gasteiger partial charge in [0, 0.05) is 5.69 Å². The summed E-state index contributed by atoms with van der Waals surface area (Å²) in [5, 5.41) is 22.0. The third-order valence-corrected chi connectivity index (χ3v) is 2.42. The van der Waals surface area contributed by atoms with Crippen molar-refractivity contribution in [1.29, 1.82) is 5.41 Å². The molecular weight excluding hydrogens is 232 g/mol. The Morgan fingerprint density at radius 3 is 2.83 bits per heavy atom. The molecule has 0 saturated heterocycles. The van der Waals surface area contributed by atoms with Gasteiger partial charge in [-0.05, 0) is 18.2 Å². The van der Waals surface area contributed by atoms with Gasteiger partial charge in [0.05, 0.1) is 30.7 Å². The second kappa shape index (κ2) is 4.84.